The van der Waals surface area contributed by atoms with Crippen molar-refractivity contribution in [3.8, 4) is 11.1 Å². The van der Waals surface area contributed by atoms with E-state index in [1.54, 1.807) is 0 Å². The van der Waals surface area contributed by atoms with Crippen LogP contribution in [0.4, 0.5) is 5.69 Å². The molecule has 0 heterocycles. The van der Waals surface area contributed by atoms with Crippen molar-refractivity contribution in [1.29, 1.82) is 0 Å². The van der Waals surface area contributed by atoms with Gasteiger partial charge in [-0.1, -0.05) is 61.7 Å². The minimum Gasteiger partial charge on any atom is -0.399 e. The van der Waals surface area contributed by atoms with Crippen molar-refractivity contribution in [2.75, 3.05) is 5.73 Å². The maximum Gasteiger partial charge on any atom is 0.0314 e. The molecular weight excluding hydrogens is 254 g/mol. The normalized spacial score (nSPS) is 10.5. The first kappa shape index (κ1) is 13.2. The Morgan fingerprint density at radius 1 is 0.857 bits per heavy atom. The van der Waals surface area contributed by atoms with E-state index in [0.717, 1.165) is 22.4 Å². The third-order valence-corrected chi connectivity index (χ3v) is 3.74. The highest BCUT2D eigenvalue weighted by molar-refractivity contribution is 6.03. The summed E-state index contributed by atoms with van der Waals surface area (Å²) in [6.07, 6.45) is 3.78. The van der Waals surface area contributed by atoms with Gasteiger partial charge in [0.05, 0.1) is 0 Å². The molecule has 3 aromatic rings. The van der Waals surface area contributed by atoms with Gasteiger partial charge in [-0.05, 0) is 51.2 Å². The molecule has 0 radical (unpaired) electrons. The van der Waals surface area contributed by atoms with Gasteiger partial charge in [-0.2, -0.15) is 0 Å². The molecule has 1 nitrogen and oxygen atoms in total. The number of nitrogens with two attached hydrogens (primary N) is 1. The molecule has 1 heteroatoms. The fourth-order valence-electron chi connectivity index (χ4n) is 2.73. The van der Waals surface area contributed by atoms with Crippen LogP contribution in [0.1, 0.15) is 11.1 Å². The van der Waals surface area contributed by atoms with Gasteiger partial charge in [0.1, 0.15) is 0 Å². The Hall–Kier alpha value is -2.80. The Labute approximate surface area is 125 Å². The van der Waals surface area contributed by atoms with E-state index in [-0.39, 0.29) is 0 Å². The van der Waals surface area contributed by atoms with Gasteiger partial charge in [-0.3, -0.25) is 0 Å². The number of fused-ring (bicyclic) bond motifs is 1. The molecule has 21 heavy (non-hydrogen) atoms. The number of rotatable bonds is 3. The first-order valence-corrected chi connectivity index (χ1v) is 6.91. The molecule has 0 atom stereocenters. The van der Waals surface area contributed by atoms with Gasteiger partial charge in [-0.25, -0.2) is 0 Å². The van der Waals surface area contributed by atoms with E-state index in [1.165, 1.54) is 16.3 Å². The Kier molecular flexibility index (Phi) is 3.33. The molecule has 0 spiro atoms. The van der Waals surface area contributed by atoms with Gasteiger partial charge in [0.2, 0.25) is 0 Å². The maximum absolute atomic E-state index is 5.81. The van der Waals surface area contributed by atoms with Crippen molar-refractivity contribution >= 4 is 28.6 Å². The molecule has 0 aliphatic rings. The number of hydrogen-bond donors (Lipinski definition) is 1. The summed E-state index contributed by atoms with van der Waals surface area (Å²) in [7, 11) is 0. The molecule has 0 aliphatic carbocycles. The molecule has 0 unspecified atom stereocenters. The zero-order valence-corrected chi connectivity index (χ0v) is 11.8. The topological polar surface area (TPSA) is 26.0 Å². The summed E-state index contributed by atoms with van der Waals surface area (Å²) in [4.78, 5) is 0. The van der Waals surface area contributed by atoms with Crippen molar-refractivity contribution in [3.05, 3.63) is 78.9 Å². The van der Waals surface area contributed by atoms with E-state index >= 15 is 0 Å². The van der Waals surface area contributed by atoms with Crippen LogP contribution in [0.2, 0.25) is 0 Å². The van der Waals surface area contributed by atoms with Crippen molar-refractivity contribution in [2.24, 2.45) is 0 Å². The largest absolute Gasteiger partial charge is 0.399 e. The summed E-state index contributed by atoms with van der Waals surface area (Å²) >= 11 is 0. The molecule has 0 aromatic heterocycles. The molecule has 0 amide bonds. The first-order chi connectivity index (χ1) is 10.2. The first-order valence-electron chi connectivity index (χ1n) is 6.91. The summed E-state index contributed by atoms with van der Waals surface area (Å²) < 4.78 is 0. The molecule has 3 rings (SSSR count). The van der Waals surface area contributed by atoms with Crippen LogP contribution in [-0.4, -0.2) is 0 Å². The number of anilines is 1. The summed E-state index contributed by atoms with van der Waals surface area (Å²) in [6, 6.07) is 18.5. The van der Waals surface area contributed by atoms with Crippen molar-refractivity contribution in [2.45, 2.75) is 0 Å². The zero-order valence-electron chi connectivity index (χ0n) is 11.8. The van der Waals surface area contributed by atoms with Gasteiger partial charge in [0.25, 0.3) is 0 Å². The third-order valence-electron chi connectivity index (χ3n) is 3.74. The molecule has 0 bridgehead atoms. The number of nitrogen functional groups attached to an aromatic ring is 1. The molecule has 0 aliphatic heterocycles. The van der Waals surface area contributed by atoms with Crippen LogP contribution in [0.5, 0.6) is 0 Å². The summed E-state index contributed by atoms with van der Waals surface area (Å²) in [6.45, 7) is 7.91. The third kappa shape index (κ3) is 2.23. The molecule has 2 N–H and O–H groups in total. The second-order valence-electron chi connectivity index (χ2n) is 5.01. The van der Waals surface area contributed by atoms with E-state index in [9.17, 15) is 0 Å². The smallest absolute Gasteiger partial charge is 0.0314 e. The fourth-order valence-corrected chi connectivity index (χ4v) is 2.73. The van der Waals surface area contributed by atoms with Gasteiger partial charge >= 0.3 is 0 Å². The highest BCUT2D eigenvalue weighted by Crippen LogP contribution is 2.36. The molecular formula is C20H17N. The Bertz CT molecular complexity index is 826. The van der Waals surface area contributed by atoms with Gasteiger partial charge < -0.3 is 5.73 Å². The molecule has 102 valence electrons. The second kappa shape index (κ2) is 5.29. The lowest BCUT2D eigenvalue weighted by molar-refractivity contribution is 1.60. The average Bonchev–Trinajstić information content (AvgIpc) is 2.53. The SMILES string of the molecule is C=Cc1cc2ccccc2c(-c2ccc(N)cc2)c1C=C. The molecule has 0 saturated heterocycles. The highest BCUT2D eigenvalue weighted by atomic mass is 14.5. The Morgan fingerprint density at radius 2 is 1.57 bits per heavy atom. The Morgan fingerprint density at radius 3 is 2.24 bits per heavy atom. The number of benzene rings is 3. The predicted molar refractivity (Wildman–Crippen MR) is 94.0 cm³/mol. The summed E-state index contributed by atoms with van der Waals surface area (Å²) in [5.74, 6) is 0. The van der Waals surface area contributed by atoms with E-state index in [0.29, 0.717) is 0 Å². The summed E-state index contributed by atoms with van der Waals surface area (Å²) in [5.41, 5.74) is 11.1. The van der Waals surface area contributed by atoms with E-state index in [2.05, 4.69) is 55.6 Å². The Balaban J connectivity index is 2.45. The van der Waals surface area contributed by atoms with Crippen LogP contribution in [0, 0.1) is 0 Å². The lowest BCUT2D eigenvalue weighted by atomic mass is 9.89. The van der Waals surface area contributed by atoms with E-state index in [1.807, 2.05) is 24.3 Å². The lowest BCUT2D eigenvalue weighted by Crippen LogP contribution is -1.91. The summed E-state index contributed by atoms with van der Waals surface area (Å²) in [5, 5.41) is 2.41. The predicted octanol–water partition coefficient (Wildman–Crippen LogP) is 5.38. The van der Waals surface area contributed by atoms with Crippen molar-refractivity contribution in [3.63, 3.8) is 0 Å². The highest BCUT2D eigenvalue weighted by Gasteiger charge is 2.11. The fraction of sp³-hybridized carbons (Fsp3) is 0. The van der Waals surface area contributed by atoms with Crippen LogP contribution in [0.15, 0.2) is 67.8 Å². The van der Waals surface area contributed by atoms with Gasteiger partial charge in [0.15, 0.2) is 0 Å². The van der Waals surface area contributed by atoms with Crippen LogP contribution in [-0.2, 0) is 0 Å². The minimum atomic E-state index is 0.767. The van der Waals surface area contributed by atoms with Gasteiger partial charge in [-0.15, -0.1) is 0 Å². The second-order valence-corrected chi connectivity index (χ2v) is 5.01. The standard InChI is InChI=1S/C20H17N/c1-3-14-13-16-7-5-6-8-19(16)20(18(14)4-2)15-9-11-17(21)12-10-15/h3-13H,1-2,21H2. The maximum atomic E-state index is 5.81. The quantitative estimate of drug-likeness (QED) is 0.636. The molecule has 3 aromatic carbocycles. The van der Waals surface area contributed by atoms with E-state index < -0.39 is 0 Å². The van der Waals surface area contributed by atoms with Crippen LogP contribution in [0.3, 0.4) is 0 Å². The minimum absolute atomic E-state index is 0.767. The number of hydrogen-bond acceptors (Lipinski definition) is 1. The average molecular weight is 271 g/mol. The van der Waals surface area contributed by atoms with Crippen LogP contribution in [0.25, 0.3) is 34.1 Å². The lowest BCUT2D eigenvalue weighted by Gasteiger charge is -2.14. The van der Waals surface area contributed by atoms with Crippen LogP contribution < -0.4 is 5.73 Å². The molecule has 0 fully saturated rings. The van der Waals surface area contributed by atoms with E-state index in [4.69, 9.17) is 5.73 Å². The van der Waals surface area contributed by atoms with Gasteiger partial charge in [0, 0.05) is 5.69 Å². The van der Waals surface area contributed by atoms with Crippen molar-refractivity contribution < 1.29 is 0 Å². The van der Waals surface area contributed by atoms with Crippen LogP contribution >= 0.6 is 0 Å². The molecule has 0 saturated carbocycles. The zero-order chi connectivity index (χ0) is 14.8. The van der Waals surface area contributed by atoms with Crippen molar-refractivity contribution in [1.82, 2.24) is 0 Å². The monoisotopic (exact) mass is 271 g/mol.